The highest BCUT2D eigenvalue weighted by Gasteiger charge is 2.10. The molecule has 0 aliphatic rings. The van der Waals surface area contributed by atoms with Gasteiger partial charge in [0.2, 0.25) is 5.95 Å². The van der Waals surface area contributed by atoms with Crippen molar-refractivity contribution in [3.05, 3.63) is 60.8 Å². The van der Waals surface area contributed by atoms with Crippen LogP contribution in [0.5, 0.6) is 5.75 Å². The monoisotopic (exact) mass is 431 g/mol. The van der Waals surface area contributed by atoms with Crippen molar-refractivity contribution in [1.82, 2.24) is 24.5 Å². The van der Waals surface area contributed by atoms with Gasteiger partial charge in [0, 0.05) is 36.6 Å². The second kappa shape index (κ2) is 10.1. The van der Waals surface area contributed by atoms with Gasteiger partial charge in [-0.3, -0.25) is 0 Å². The topological polar surface area (TPSA) is 79.6 Å². The van der Waals surface area contributed by atoms with Crippen molar-refractivity contribution < 1.29 is 4.74 Å². The number of ether oxygens (including phenoxy) is 1. The molecular formula is C24H29N7O. The molecule has 32 heavy (non-hydrogen) atoms. The number of pyridine rings is 2. The number of nitrogens with zero attached hydrogens (tertiary/aromatic N) is 5. The number of benzene rings is 1. The van der Waals surface area contributed by atoms with Gasteiger partial charge in [0.25, 0.3) is 0 Å². The molecule has 4 rings (SSSR count). The van der Waals surface area contributed by atoms with Crippen molar-refractivity contribution in [2.24, 2.45) is 0 Å². The van der Waals surface area contributed by atoms with Gasteiger partial charge in [-0.2, -0.15) is 4.98 Å². The predicted octanol–water partition coefficient (Wildman–Crippen LogP) is 4.30. The highest BCUT2D eigenvalue weighted by atomic mass is 16.5. The van der Waals surface area contributed by atoms with E-state index in [0.29, 0.717) is 5.95 Å². The normalized spacial score (nSPS) is 11.1. The second-order valence-electron chi connectivity index (χ2n) is 7.35. The number of fused-ring (bicyclic) bond motifs is 1. The van der Waals surface area contributed by atoms with Gasteiger partial charge in [-0.15, -0.1) is 5.10 Å². The number of likely N-dealkylation sites (N-methyl/N-ethyl adjacent to an activating group) is 1. The van der Waals surface area contributed by atoms with Crippen LogP contribution in [-0.4, -0.2) is 57.8 Å². The van der Waals surface area contributed by atoms with Crippen LogP contribution in [0.3, 0.4) is 0 Å². The molecule has 8 heteroatoms. The summed E-state index contributed by atoms with van der Waals surface area (Å²) in [6.45, 7) is 8.27. The Bertz CT molecular complexity index is 1150. The van der Waals surface area contributed by atoms with Crippen molar-refractivity contribution in [2.45, 2.75) is 13.8 Å². The SMILES string of the molecule is CCN(CC)CCNc1cc(Nc2nc3cccc(-c4ccc(OC)cc4)n3n2)ccn1. The van der Waals surface area contributed by atoms with Crippen LogP contribution >= 0.6 is 0 Å². The lowest BCUT2D eigenvalue weighted by atomic mass is 10.1. The van der Waals surface area contributed by atoms with Crippen LogP contribution in [0.25, 0.3) is 16.9 Å². The fourth-order valence-electron chi connectivity index (χ4n) is 3.55. The van der Waals surface area contributed by atoms with E-state index in [4.69, 9.17) is 4.74 Å². The summed E-state index contributed by atoms with van der Waals surface area (Å²) in [4.78, 5) is 11.4. The Morgan fingerprint density at radius 2 is 1.84 bits per heavy atom. The molecule has 0 fully saturated rings. The lowest BCUT2D eigenvalue weighted by Gasteiger charge is -2.18. The molecule has 0 radical (unpaired) electrons. The Balaban J connectivity index is 1.50. The molecule has 0 saturated heterocycles. The van der Waals surface area contributed by atoms with Gasteiger partial charge in [-0.05, 0) is 55.6 Å². The average Bonchev–Trinajstić information content (AvgIpc) is 3.24. The molecule has 2 N–H and O–H groups in total. The highest BCUT2D eigenvalue weighted by Crippen LogP contribution is 2.24. The largest absolute Gasteiger partial charge is 0.497 e. The third-order valence-corrected chi connectivity index (χ3v) is 5.39. The first kappa shape index (κ1) is 21.6. The van der Waals surface area contributed by atoms with Crippen LogP contribution in [0, 0.1) is 0 Å². The van der Waals surface area contributed by atoms with Gasteiger partial charge in [0.05, 0.1) is 12.8 Å². The number of hydrogen-bond donors (Lipinski definition) is 2. The van der Waals surface area contributed by atoms with Crippen molar-refractivity contribution in [1.29, 1.82) is 0 Å². The van der Waals surface area contributed by atoms with E-state index in [2.05, 4.69) is 44.4 Å². The van der Waals surface area contributed by atoms with Crippen molar-refractivity contribution in [3.8, 4) is 17.0 Å². The van der Waals surface area contributed by atoms with Crippen LogP contribution in [-0.2, 0) is 0 Å². The van der Waals surface area contributed by atoms with Gasteiger partial charge in [-0.1, -0.05) is 19.9 Å². The van der Waals surface area contributed by atoms with E-state index >= 15 is 0 Å². The molecule has 166 valence electrons. The van der Waals surface area contributed by atoms with Crippen LogP contribution in [0.1, 0.15) is 13.8 Å². The summed E-state index contributed by atoms with van der Waals surface area (Å²) in [5, 5.41) is 11.4. The second-order valence-corrected chi connectivity index (χ2v) is 7.35. The highest BCUT2D eigenvalue weighted by molar-refractivity contribution is 5.65. The molecule has 0 aliphatic heterocycles. The van der Waals surface area contributed by atoms with Crippen LogP contribution in [0.15, 0.2) is 60.8 Å². The molecule has 3 aromatic heterocycles. The van der Waals surface area contributed by atoms with E-state index < -0.39 is 0 Å². The van der Waals surface area contributed by atoms with E-state index in [9.17, 15) is 0 Å². The van der Waals surface area contributed by atoms with E-state index in [1.165, 1.54) is 0 Å². The summed E-state index contributed by atoms with van der Waals surface area (Å²) >= 11 is 0. The lowest BCUT2D eigenvalue weighted by Crippen LogP contribution is -2.28. The van der Waals surface area contributed by atoms with E-state index in [1.54, 1.807) is 13.3 Å². The zero-order valence-corrected chi connectivity index (χ0v) is 18.7. The van der Waals surface area contributed by atoms with Crippen molar-refractivity contribution >= 4 is 23.1 Å². The predicted molar refractivity (Wildman–Crippen MR) is 129 cm³/mol. The molecule has 3 heterocycles. The fourth-order valence-corrected chi connectivity index (χ4v) is 3.55. The Morgan fingerprint density at radius 1 is 1.03 bits per heavy atom. The third-order valence-electron chi connectivity index (χ3n) is 5.39. The zero-order chi connectivity index (χ0) is 22.3. The van der Waals surface area contributed by atoms with E-state index in [1.807, 2.05) is 59.1 Å². The molecule has 0 atom stereocenters. The molecular weight excluding hydrogens is 402 g/mol. The Kier molecular flexibility index (Phi) is 6.81. The maximum absolute atomic E-state index is 5.26. The minimum atomic E-state index is 0.534. The summed E-state index contributed by atoms with van der Waals surface area (Å²) in [5.74, 6) is 2.18. The molecule has 0 saturated carbocycles. The molecule has 0 amide bonds. The van der Waals surface area contributed by atoms with Gasteiger partial charge in [0.15, 0.2) is 5.65 Å². The quantitative estimate of drug-likeness (QED) is 0.388. The molecule has 1 aromatic carbocycles. The number of anilines is 3. The Hall–Kier alpha value is -3.65. The molecule has 8 nitrogen and oxygen atoms in total. The Morgan fingerprint density at radius 3 is 2.59 bits per heavy atom. The molecule has 0 bridgehead atoms. The van der Waals surface area contributed by atoms with E-state index in [0.717, 1.165) is 60.3 Å². The van der Waals surface area contributed by atoms with Crippen LogP contribution in [0.4, 0.5) is 17.5 Å². The number of rotatable bonds is 10. The average molecular weight is 432 g/mol. The zero-order valence-electron chi connectivity index (χ0n) is 18.7. The molecule has 0 aliphatic carbocycles. The fraction of sp³-hybridized carbons (Fsp3) is 0.292. The van der Waals surface area contributed by atoms with Gasteiger partial charge in [-0.25, -0.2) is 9.50 Å². The third kappa shape index (κ3) is 4.97. The van der Waals surface area contributed by atoms with Crippen LogP contribution in [0.2, 0.25) is 0 Å². The maximum atomic E-state index is 5.26. The number of aromatic nitrogens is 4. The smallest absolute Gasteiger partial charge is 0.247 e. The summed E-state index contributed by atoms with van der Waals surface area (Å²) in [6.07, 6.45) is 1.78. The van der Waals surface area contributed by atoms with Crippen molar-refractivity contribution in [2.75, 3.05) is 43.9 Å². The number of hydrogen-bond acceptors (Lipinski definition) is 7. The summed E-state index contributed by atoms with van der Waals surface area (Å²) < 4.78 is 7.10. The standard InChI is InChI=1S/C24H29N7O/c1-4-30(5-2)16-15-26-22-17-19(13-14-25-22)27-24-28-23-8-6-7-21(31(23)29-24)18-9-11-20(32-3)12-10-18/h6-14,17H,4-5,15-16H2,1-3H3,(H2,25,26,27,29). The van der Waals surface area contributed by atoms with Gasteiger partial charge >= 0.3 is 0 Å². The minimum Gasteiger partial charge on any atom is -0.497 e. The number of nitrogens with one attached hydrogen (secondary N) is 2. The first-order valence-corrected chi connectivity index (χ1v) is 10.9. The maximum Gasteiger partial charge on any atom is 0.247 e. The summed E-state index contributed by atoms with van der Waals surface area (Å²) in [6, 6.07) is 17.7. The molecule has 0 unspecified atom stereocenters. The molecule has 4 aromatic rings. The molecule has 0 spiro atoms. The Labute approximate surface area is 188 Å². The van der Waals surface area contributed by atoms with Gasteiger partial charge in [0.1, 0.15) is 11.6 Å². The lowest BCUT2D eigenvalue weighted by molar-refractivity contribution is 0.316. The first-order chi connectivity index (χ1) is 15.7. The van der Waals surface area contributed by atoms with Crippen molar-refractivity contribution in [3.63, 3.8) is 0 Å². The van der Waals surface area contributed by atoms with Crippen LogP contribution < -0.4 is 15.4 Å². The number of methoxy groups -OCH3 is 1. The van der Waals surface area contributed by atoms with Gasteiger partial charge < -0.3 is 20.3 Å². The van der Waals surface area contributed by atoms with E-state index in [-0.39, 0.29) is 0 Å². The minimum absolute atomic E-state index is 0.534. The summed E-state index contributed by atoms with van der Waals surface area (Å²) in [5.41, 5.74) is 3.65. The first-order valence-electron chi connectivity index (χ1n) is 10.9. The summed E-state index contributed by atoms with van der Waals surface area (Å²) in [7, 11) is 1.66.